The van der Waals surface area contributed by atoms with Crippen LogP contribution < -0.4 is 0 Å². The number of aliphatic hydroxyl groups is 3. The SMILES string of the molecule is CC(C(CCCCCN=C=O)N=C=O)C(CO)(CO)CO. The van der Waals surface area contributed by atoms with Gasteiger partial charge in [0, 0.05) is 5.41 Å². The Morgan fingerprint density at radius 1 is 1.00 bits per heavy atom. The Morgan fingerprint density at radius 2 is 1.62 bits per heavy atom. The number of aliphatic imine (C=N–C) groups is 2. The van der Waals surface area contributed by atoms with Crippen molar-refractivity contribution in [3.8, 4) is 0 Å². The molecule has 0 aromatic heterocycles. The van der Waals surface area contributed by atoms with E-state index in [1.807, 2.05) is 0 Å². The Labute approximate surface area is 124 Å². The molecule has 21 heavy (non-hydrogen) atoms. The van der Waals surface area contributed by atoms with Gasteiger partial charge in [-0.15, -0.1) is 0 Å². The summed E-state index contributed by atoms with van der Waals surface area (Å²) < 4.78 is 0. The second kappa shape index (κ2) is 11.3. The van der Waals surface area contributed by atoms with Crippen molar-refractivity contribution >= 4 is 12.2 Å². The Balaban J connectivity index is 4.58. The van der Waals surface area contributed by atoms with Crippen molar-refractivity contribution in [1.82, 2.24) is 0 Å². The highest BCUT2D eigenvalue weighted by Gasteiger charge is 2.39. The van der Waals surface area contributed by atoms with Crippen molar-refractivity contribution in [2.24, 2.45) is 21.3 Å². The standard InChI is InChI=1S/C14H24N2O5/c1-12(14(7-17,8-18)9-19)13(16-11-21)5-3-2-4-6-15-10-20/h12-13,17-19H,2-9H2,1H3. The average molecular weight is 300 g/mol. The van der Waals surface area contributed by atoms with Crippen LogP contribution in [-0.4, -0.2) is 59.9 Å². The fourth-order valence-corrected chi connectivity index (χ4v) is 2.25. The summed E-state index contributed by atoms with van der Waals surface area (Å²) in [7, 11) is 0. The topological polar surface area (TPSA) is 120 Å². The Bertz CT molecular complexity index is 363. The van der Waals surface area contributed by atoms with E-state index in [-0.39, 0.29) is 25.7 Å². The van der Waals surface area contributed by atoms with Crippen molar-refractivity contribution in [3.05, 3.63) is 0 Å². The van der Waals surface area contributed by atoms with Crippen LogP contribution in [0.25, 0.3) is 0 Å². The minimum absolute atomic E-state index is 0.369. The lowest BCUT2D eigenvalue weighted by molar-refractivity contribution is -0.0411. The monoisotopic (exact) mass is 300 g/mol. The summed E-state index contributed by atoms with van der Waals surface area (Å²) in [4.78, 5) is 27.6. The van der Waals surface area contributed by atoms with Crippen LogP contribution in [0, 0.1) is 11.3 Å². The van der Waals surface area contributed by atoms with Gasteiger partial charge in [0.25, 0.3) is 0 Å². The van der Waals surface area contributed by atoms with Crippen LogP contribution in [0.1, 0.15) is 32.6 Å². The molecule has 0 heterocycles. The molecule has 0 amide bonds. The highest BCUT2D eigenvalue weighted by atomic mass is 16.3. The normalized spacial score (nSPS) is 13.9. The van der Waals surface area contributed by atoms with E-state index in [2.05, 4.69) is 9.98 Å². The van der Waals surface area contributed by atoms with Gasteiger partial charge in [0.1, 0.15) is 0 Å². The fourth-order valence-electron chi connectivity index (χ4n) is 2.25. The lowest BCUT2D eigenvalue weighted by Gasteiger charge is -2.37. The van der Waals surface area contributed by atoms with Crippen LogP contribution in [0.3, 0.4) is 0 Å². The van der Waals surface area contributed by atoms with Gasteiger partial charge < -0.3 is 15.3 Å². The summed E-state index contributed by atoms with van der Waals surface area (Å²) in [5, 5.41) is 28.3. The molecule has 7 heteroatoms. The predicted octanol–water partition coefficient (Wildman–Crippen LogP) is 0.186. The summed E-state index contributed by atoms with van der Waals surface area (Å²) in [5.74, 6) is -0.369. The number of unbranched alkanes of at least 4 members (excludes halogenated alkanes) is 2. The van der Waals surface area contributed by atoms with E-state index in [4.69, 9.17) is 0 Å². The molecule has 2 atom stereocenters. The average Bonchev–Trinajstić information content (AvgIpc) is 2.51. The summed E-state index contributed by atoms with van der Waals surface area (Å²) in [6.07, 6.45) is 5.87. The van der Waals surface area contributed by atoms with E-state index in [0.29, 0.717) is 13.0 Å². The quantitative estimate of drug-likeness (QED) is 0.270. The van der Waals surface area contributed by atoms with Crippen LogP contribution in [-0.2, 0) is 9.59 Å². The molecule has 0 aromatic rings. The number of nitrogens with zero attached hydrogens (tertiary/aromatic N) is 2. The minimum atomic E-state index is -1.08. The third kappa shape index (κ3) is 6.29. The van der Waals surface area contributed by atoms with Gasteiger partial charge in [-0.1, -0.05) is 19.8 Å². The molecule has 0 aliphatic heterocycles. The largest absolute Gasteiger partial charge is 0.396 e. The first kappa shape index (κ1) is 19.6. The van der Waals surface area contributed by atoms with Crippen LogP contribution in [0.4, 0.5) is 0 Å². The van der Waals surface area contributed by atoms with Gasteiger partial charge in [0.05, 0.1) is 32.4 Å². The predicted molar refractivity (Wildman–Crippen MR) is 76.2 cm³/mol. The molecule has 2 unspecified atom stereocenters. The van der Waals surface area contributed by atoms with E-state index in [0.717, 1.165) is 19.3 Å². The van der Waals surface area contributed by atoms with Gasteiger partial charge in [-0.2, -0.15) is 0 Å². The summed E-state index contributed by atoms with van der Waals surface area (Å²) in [6, 6.07) is -0.427. The maximum atomic E-state index is 10.5. The molecule has 0 spiro atoms. The highest BCUT2D eigenvalue weighted by molar-refractivity contribution is 5.33. The zero-order chi connectivity index (χ0) is 16.1. The molecule has 0 fully saturated rings. The van der Waals surface area contributed by atoms with Gasteiger partial charge >= 0.3 is 0 Å². The van der Waals surface area contributed by atoms with E-state index in [1.54, 1.807) is 6.92 Å². The number of aliphatic hydroxyl groups excluding tert-OH is 3. The number of isocyanates is 2. The molecule has 3 N–H and O–H groups in total. The fraction of sp³-hybridized carbons (Fsp3) is 0.857. The smallest absolute Gasteiger partial charge is 0.235 e. The maximum absolute atomic E-state index is 10.5. The Hall–Kier alpha value is -1.36. The number of rotatable bonds is 12. The van der Waals surface area contributed by atoms with Gasteiger partial charge in [-0.25, -0.2) is 19.6 Å². The molecular formula is C14H24N2O5. The molecule has 0 aromatic carbocycles. The van der Waals surface area contributed by atoms with Crippen LogP contribution >= 0.6 is 0 Å². The third-order valence-electron chi connectivity index (χ3n) is 4.04. The molecular weight excluding hydrogens is 276 g/mol. The molecule has 0 saturated heterocycles. The van der Waals surface area contributed by atoms with E-state index < -0.39 is 11.5 Å². The number of carbonyl (C=O) groups excluding carboxylic acids is 2. The second-order valence-electron chi connectivity index (χ2n) is 5.24. The molecule has 0 aliphatic carbocycles. The molecule has 0 rings (SSSR count). The maximum Gasteiger partial charge on any atom is 0.235 e. The summed E-state index contributed by atoms with van der Waals surface area (Å²) in [6.45, 7) is 1.000. The molecule has 0 saturated carbocycles. The summed E-state index contributed by atoms with van der Waals surface area (Å²) in [5.41, 5.74) is -1.08. The second-order valence-corrected chi connectivity index (χ2v) is 5.24. The lowest BCUT2D eigenvalue weighted by Crippen LogP contribution is -2.44. The Morgan fingerprint density at radius 3 is 2.10 bits per heavy atom. The Kier molecular flexibility index (Phi) is 10.6. The molecule has 0 aliphatic rings. The molecule has 120 valence electrons. The van der Waals surface area contributed by atoms with Crippen LogP contribution in [0.15, 0.2) is 9.98 Å². The van der Waals surface area contributed by atoms with Gasteiger partial charge in [-0.05, 0) is 18.8 Å². The first-order valence-corrected chi connectivity index (χ1v) is 7.05. The molecule has 0 bridgehead atoms. The van der Waals surface area contributed by atoms with Crippen molar-refractivity contribution in [2.45, 2.75) is 38.6 Å². The van der Waals surface area contributed by atoms with Crippen molar-refractivity contribution in [1.29, 1.82) is 0 Å². The lowest BCUT2D eigenvalue weighted by atomic mass is 9.73. The van der Waals surface area contributed by atoms with Crippen molar-refractivity contribution in [3.63, 3.8) is 0 Å². The summed E-state index contributed by atoms with van der Waals surface area (Å²) >= 11 is 0. The van der Waals surface area contributed by atoms with Gasteiger partial charge in [-0.3, -0.25) is 0 Å². The van der Waals surface area contributed by atoms with Gasteiger partial charge in [0.15, 0.2) is 0 Å². The van der Waals surface area contributed by atoms with E-state index in [9.17, 15) is 24.9 Å². The van der Waals surface area contributed by atoms with Crippen LogP contribution in [0.5, 0.6) is 0 Å². The minimum Gasteiger partial charge on any atom is -0.396 e. The van der Waals surface area contributed by atoms with E-state index >= 15 is 0 Å². The zero-order valence-corrected chi connectivity index (χ0v) is 12.4. The highest BCUT2D eigenvalue weighted by Crippen LogP contribution is 2.32. The van der Waals surface area contributed by atoms with Crippen molar-refractivity contribution in [2.75, 3.05) is 26.4 Å². The first-order chi connectivity index (χ1) is 10.1. The zero-order valence-electron chi connectivity index (χ0n) is 12.4. The first-order valence-electron chi connectivity index (χ1n) is 7.05. The van der Waals surface area contributed by atoms with Gasteiger partial charge in [0.2, 0.25) is 12.2 Å². The van der Waals surface area contributed by atoms with Crippen LogP contribution in [0.2, 0.25) is 0 Å². The molecule has 0 radical (unpaired) electrons. The third-order valence-corrected chi connectivity index (χ3v) is 4.04. The van der Waals surface area contributed by atoms with E-state index in [1.165, 1.54) is 12.2 Å². The number of hydrogen-bond acceptors (Lipinski definition) is 7. The molecule has 7 nitrogen and oxygen atoms in total. The van der Waals surface area contributed by atoms with Crippen molar-refractivity contribution < 1.29 is 24.9 Å². The number of hydrogen-bond donors (Lipinski definition) is 3.